The average Bonchev–Trinajstić information content (AvgIpc) is 1.72. The molecule has 0 aromatic heterocycles. The molecule has 8 heavy (non-hydrogen) atoms. The van der Waals surface area contributed by atoms with Gasteiger partial charge in [-0.3, -0.25) is 0 Å². The molecule has 0 amide bonds. The van der Waals surface area contributed by atoms with Gasteiger partial charge < -0.3 is 8.17 Å². The summed E-state index contributed by atoms with van der Waals surface area (Å²) in [6.07, 6.45) is 4.22. The number of nitrogens with one attached hydrogen (secondary N) is 1. The molecule has 0 radical (unpaired) electrons. The van der Waals surface area contributed by atoms with Crippen molar-refractivity contribution in [3.05, 3.63) is 0 Å². The first-order valence-corrected chi connectivity index (χ1v) is 2.71. The van der Waals surface area contributed by atoms with Gasteiger partial charge in [0, 0.05) is 0 Å². The summed E-state index contributed by atoms with van der Waals surface area (Å²) in [7, 11) is 0. The SMILES string of the molecule is C1CCNCC1.[H-].[H-].[Na+].[Na+]. The van der Waals surface area contributed by atoms with Crippen molar-refractivity contribution in [2.45, 2.75) is 19.3 Å². The molecule has 0 bridgehead atoms. The largest absolute Gasteiger partial charge is 1.00 e. The summed E-state index contributed by atoms with van der Waals surface area (Å²) in [5, 5.41) is 3.28. The van der Waals surface area contributed by atoms with Crippen molar-refractivity contribution in [1.29, 1.82) is 0 Å². The third-order valence-corrected chi connectivity index (χ3v) is 1.21. The molecular weight excluding hydrogens is 120 g/mol. The van der Waals surface area contributed by atoms with E-state index < -0.39 is 0 Å². The predicted octanol–water partition coefficient (Wildman–Crippen LogP) is -5.01. The van der Waals surface area contributed by atoms with Crippen molar-refractivity contribution < 1.29 is 62.0 Å². The Morgan fingerprint density at radius 1 is 0.875 bits per heavy atom. The monoisotopic (exact) mass is 133 g/mol. The van der Waals surface area contributed by atoms with Gasteiger partial charge in [-0.05, 0) is 25.9 Å². The van der Waals surface area contributed by atoms with Crippen LogP contribution in [0, 0.1) is 0 Å². The van der Waals surface area contributed by atoms with Crippen LogP contribution in [0.3, 0.4) is 0 Å². The molecule has 0 aliphatic carbocycles. The van der Waals surface area contributed by atoms with E-state index in [-0.39, 0.29) is 62.0 Å². The molecule has 0 atom stereocenters. The van der Waals surface area contributed by atoms with Gasteiger partial charge in [-0.1, -0.05) is 6.42 Å². The van der Waals surface area contributed by atoms with Crippen molar-refractivity contribution >= 4 is 0 Å². The predicted molar refractivity (Wildman–Crippen MR) is 28.9 cm³/mol. The number of rotatable bonds is 0. The van der Waals surface area contributed by atoms with Gasteiger partial charge in [-0.2, -0.15) is 0 Å². The summed E-state index contributed by atoms with van der Waals surface area (Å²) in [6, 6.07) is 0. The second-order valence-electron chi connectivity index (χ2n) is 1.81. The first-order valence-electron chi connectivity index (χ1n) is 2.71. The average molecular weight is 133 g/mol. The van der Waals surface area contributed by atoms with Gasteiger partial charge in [0.05, 0.1) is 0 Å². The summed E-state index contributed by atoms with van der Waals surface area (Å²) in [4.78, 5) is 0. The second kappa shape index (κ2) is 8.96. The third-order valence-electron chi connectivity index (χ3n) is 1.21. The minimum absolute atomic E-state index is 0. The van der Waals surface area contributed by atoms with Crippen LogP contribution in [0.4, 0.5) is 0 Å². The Hall–Kier alpha value is 1.96. The Kier molecular flexibility index (Phi) is 14.1. The first-order chi connectivity index (χ1) is 3.00. The fourth-order valence-electron chi connectivity index (χ4n) is 0.802. The van der Waals surface area contributed by atoms with Gasteiger partial charge in [-0.25, -0.2) is 0 Å². The fourth-order valence-corrected chi connectivity index (χ4v) is 0.802. The Balaban J connectivity index is -0.0000000450. The summed E-state index contributed by atoms with van der Waals surface area (Å²) in [5.41, 5.74) is 0. The van der Waals surface area contributed by atoms with Crippen LogP contribution < -0.4 is 64.4 Å². The Labute approximate surface area is 98.5 Å². The Morgan fingerprint density at radius 2 is 1.38 bits per heavy atom. The molecule has 0 unspecified atom stereocenters. The number of hydrogen-bond donors (Lipinski definition) is 1. The van der Waals surface area contributed by atoms with E-state index in [0.717, 1.165) is 0 Å². The molecular formula is C5H13NNa2. The maximum Gasteiger partial charge on any atom is 1.00 e. The molecule has 1 nitrogen and oxygen atoms in total. The van der Waals surface area contributed by atoms with E-state index in [1.165, 1.54) is 32.4 Å². The van der Waals surface area contributed by atoms with Crippen LogP contribution in [0.2, 0.25) is 0 Å². The van der Waals surface area contributed by atoms with E-state index in [1.54, 1.807) is 0 Å². The second-order valence-corrected chi connectivity index (χ2v) is 1.81. The zero-order valence-corrected chi connectivity index (χ0v) is 10.0. The maximum atomic E-state index is 3.28. The minimum atomic E-state index is 0. The van der Waals surface area contributed by atoms with Crippen molar-refractivity contribution in [3.63, 3.8) is 0 Å². The van der Waals surface area contributed by atoms with E-state index in [9.17, 15) is 0 Å². The molecule has 1 aliphatic heterocycles. The number of piperidine rings is 1. The molecule has 0 spiro atoms. The van der Waals surface area contributed by atoms with E-state index >= 15 is 0 Å². The summed E-state index contributed by atoms with van der Waals surface area (Å²) >= 11 is 0. The van der Waals surface area contributed by atoms with Crippen LogP contribution in [0.25, 0.3) is 0 Å². The van der Waals surface area contributed by atoms with Crippen LogP contribution >= 0.6 is 0 Å². The normalized spacial score (nSPS) is 18.0. The summed E-state index contributed by atoms with van der Waals surface area (Å²) in [6.45, 7) is 2.50. The van der Waals surface area contributed by atoms with Crippen molar-refractivity contribution in [2.75, 3.05) is 13.1 Å². The van der Waals surface area contributed by atoms with Gasteiger partial charge in [0.1, 0.15) is 0 Å². The molecule has 0 aromatic rings. The zero-order valence-electron chi connectivity index (χ0n) is 8.04. The molecule has 0 saturated carbocycles. The van der Waals surface area contributed by atoms with E-state index in [0.29, 0.717) is 0 Å². The van der Waals surface area contributed by atoms with E-state index in [4.69, 9.17) is 0 Å². The standard InChI is InChI=1S/C5H11N.2Na.2H/c1-2-4-6-5-3-1;;;;/h6H,1-5H2;;;;/q;2*+1;2*-1. The van der Waals surface area contributed by atoms with E-state index in [2.05, 4.69) is 5.32 Å². The molecule has 40 valence electrons. The first kappa shape index (κ1) is 12.6. The Morgan fingerprint density at radius 3 is 1.50 bits per heavy atom. The van der Waals surface area contributed by atoms with Crippen LogP contribution in [-0.4, -0.2) is 13.1 Å². The quantitative estimate of drug-likeness (QED) is 0.326. The molecule has 3 heteroatoms. The third kappa shape index (κ3) is 6.09. The molecule has 1 saturated heterocycles. The number of hydrogen-bond acceptors (Lipinski definition) is 1. The summed E-state index contributed by atoms with van der Waals surface area (Å²) < 4.78 is 0. The van der Waals surface area contributed by atoms with Crippen LogP contribution in [0.5, 0.6) is 0 Å². The van der Waals surface area contributed by atoms with Gasteiger partial charge in [0.15, 0.2) is 0 Å². The van der Waals surface area contributed by atoms with Crippen molar-refractivity contribution in [3.8, 4) is 0 Å². The van der Waals surface area contributed by atoms with Crippen LogP contribution in [0.15, 0.2) is 0 Å². The topological polar surface area (TPSA) is 12.0 Å². The molecule has 1 heterocycles. The molecule has 1 N–H and O–H groups in total. The molecule has 1 fully saturated rings. The molecule has 1 rings (SSSR count). The van der Waals surface area contributed by atoms with E-state index in [1.807, 2.05) is 0 Å². The van der Waals surface area contributed by atoms with Gasteiger partial charge in [0.25, 0.3) is 0 Å². The van der Waals surface area contributed by atoms with Crippen LogP contribution in [0.1, 0.15) is 22.1 Å². The van der Waals surface area contributed by atoms with Gasteiger partial charge >= 0.3 is 59.1 Å². The van der Waals surface area contributed by atoms with Crippen molar-refractivity contribution in [1.82, 2.24) is 5.32 Å². The molecule has 1 aliphatic rings. The smallest absolute Gasteiger partial charge is 1.00 e. The van der Waals surface area contributed by atoms with Gasteiger partial charge in [0.2, 0.25) is 0 Å². The molecule has 0 aromatic carbocycles. The van der Waals surface area contributed by atoms with Crippen molar-refractivity contribution in [2.24, 2.45) is 0 Å². The zero-order chi connectivity index (χ0) is 4.24. The fraction of sp³-hybridized carbons (Fsp3) is 1.00. The van der Waals surface area contributed by atoms with Crippen LogP contribution in [-0.2, 0) is 0 Å². The minimum Gasteiger partial charge on any atom is -1.00 e. The van der Waals surface area contributed by atoms with Gasteiger partial charge in [-0.15, -0.1) is 0 Å². The Bertz CT molecular complexity index is 33.1. The summed E-state index contributed by atoms with van der Waals surface area (Å²) in [5.74, 6) is 0. The maximum absolute atomic E-state index is 3.28.